The minimum atomic E-state index is -0.455. The quantitative estimate of drug-likeness (QED) is 0.576. The van der Waals surface area contributed by atoms with Gasteiger partial charge in [-0.25, -0.2) is 0 Å². The van der Waals surface area contributed by atoms with Gasteiger partial charge < -0.3 is 19.5 Å². The lowest BCUT2D eigenvalue weighted by Gasteiger charge is -2.25. The molecule has 1 N–H and O–H groups in total. The number of nitrogens with one attached hydrogen (secondary N) is 1. The van der Waals surface area contributed by atoms with Crippen molar-refractivity contribution in [3.05, 3.63) is 70.3 Å². The normalized spacial score (nSPS) is 15.5. The van der Waals surface area contributed by atoms with E-state index >= 15 is 0 Å². The number of carbonyl (C=O) groups excluding carboxylic acids is 2. The fourth-order valence-corrected chi connectivity index (χ4v) is 4.18. The highest BCUT2D eigenvalue weighted by Gasteiger charge is 2.30. The average Bonchev–Trinajstić information content (AvgIpc) is 2.81. The molecule has 0 saturated carbocycles. The van der Waals surface area contributed by atoms with Crippen LogP contribution in [0.15, 0.2) is 59.1 Å². The molecule has 8 heteroatoms. The number of hydrogen-bond acceptors (Lipinski definition) is 7. The van der Waals surface area contributed by atoms with Crippen LogP contribution in [0.4, 0.5) is 0 Å². The molecule has 1 aliphatic rings. The fraction of sp³-hybridized carbons (Fsp3) is 0.292. The van der Waals surface area contributed by atoms with E-state index in [0.717, 1.165) is 22.9 Å². The molecule has 3 rings (SSSR count). The van der Waals surface area contributed by atoms with Gasteiger partial charge in [0.1, 0.15) is 6.61 Å². The van der Waals surface area contributed by atoms with Gasteiger partial charge in [0.25, 0.3) is 0 Å². The van der Waals surface area contributed by atoms with E-state index in [0.29, 0.717) is 28.7 Å². The van der Waals surface area contributed by atoms with Crippen molar-refractivity contribution in [3.8, 4) is 17.6 Å². The molecule has 166 valence electrons. The molecule has 0 spiro atoms. The number of nitrogens with zero attached hydrogens (tertiary/aromatic N) is 1. The predicted molar refractivity (Wildman–Crippen MR) is 121 cm³/mol. The number of amides is 1. The second kappa shape index (κ2) is 11.3. The van der Waals surface area contributed by atoms with Gasteiger partial charge in [-0.2, -0.15) is 5.26 Å². The zero-order valence-corrected chi connectivity index (χ0v) is 18.7. The van der Waals surface area contributed by atoms with Gasteiger partial charge in [-0.15, -0.1) is 0 Å². The Morgan fingerprint density at radius 3 is 2.69 bits per heavy atom. The van der Waals surface area contributed by atoms with Crippen LogP contribution in [0.1, 0.15) is 30.4 Å². The zero-order valence-electron chi connectivity index (χ0n) is 17.9. The van der Waals surface area contributed by atoms with Crippen molar-refractivity contribution >= 4 is 23.6 Å². The first-order valence-electron chi connectivity index (χ1n) is 10.1. The Kier molecular flexibility index (Phi) is 8.17. The lowest BCUT2D eigenvalue weighted by atomic mass is 9.87. The number of rotatable bonds is 9. The molecule has 1 heterocycles. The lowest BCUT2D eigenvalue weighted by Crippen LogP contribution is -2.31. The molecule has 0 saturated heterocycles. The van der Waals surface area contributed by atoms with Gasteiger partial charge in [-0.3, -0.25) is 9.59 Å². The number of ether oxygens (including phenoxy) is 3. The maximum Gasteiger partial charge on any atom is 0.316 e. The molecule has 0 bridgehead atoms. The van der Waals surface area contributed by atoms with E-state index in [1.807, 2.05) is 36.4 Å². The Balaban J connectivity index is 1.87. The van der Waals surface area contributed by atoms with Crippen LogP contribution in [-0.4, -0.2) is 31.3 Å². The molecule has 7 nitrogen and oxygen atoms in total. The van der Waals surface area contributed by atoms with Crippen molar-refractivity contribution in [2.24, 2.45) is 0 Å². The summed E-state index contributed by atoms with van der Waals surface area (Å²) in [5.41, 5.74) is 2.17. The number of esters is 1. The molecule has 1 aliphatic heterocycles. The Bertz CT molecular complexity index is 1050. The number of nitriles is 1. The minimum Gasteiger partial charge on any atom is -0.493 e. The number of methoxy groups -OCH3 is 1. The maximum absolute atomic E-state index is 12.4. The molecule has 1 amide bonds. The average molecular weight is 453 g/mol. The molecular weight excluding hydrogens is 428 g/mol. The summed E-state index contributed by atoms with van der Waals surface area (Å²) in [7, 11) is 1.56. The first-order valence-corrected chi connectivity index (χ1v) is 11.1. The number of thioether (sulfide) groups is 1. The van der Waals surface area contributed by atoms with E-state index in [4.69, 9.17) is 14.2 Å². The van der Waals surface area contributed by atoms with Crippen molar-refractivity contribution < 1.29 is 23.8 Å². The maximum atomic E-state index is 12.4. The Morgan fingerprint density at radius 1 is 1.22 bits per heavy atom. The number of benzene rings is 2. The molecule has 32 heavy (non-hydrogen) atoms. The summed E-state index contributed by atoms with van der Waals surface area (Å²) in [6.45, 7) is 2.35. The fourth-order valence-electron chi connectivity index (χ4n) is 3.31. The summed E-state index contributed by atoms with van der Waals surface area (Å²) in [5.74, 6) is 0.0170. The van der Waals surface area contributed by atoms with E-state index in [2.05, 4.69) is 11.4 Å². The smallest absolute Gasteiger partial charge is 0.316 e. The second-order valence-corrected chi connectivity index (χ2v) is 7.92. The topological polar surface area (TPSA) is 97.7 Å². The summed E-state index contributed by atoms with van der Waals surface area (Å²) < 4.78 is 16.3. The van der Waals surface area contributed by atoms with E-state index in [1.165, 1.54) is 0 Å². The van der Waals surface area contributed by atoms with Gasteiger partial charge in [0.05, 0.1) is 36.1 Å². The Morgan fingerprint density at radius 2 is 2.00 bits per heavy atom. The summed E-state index contributed by atoms with van der Waals surface area (Å²) in [5, 5.41) is 12.9. The Labute approximate surface area is 191 Å². The summed E-state index contributed by atoms with van der Waals surface area (Å²) in [6.07, 6.45) is 0.122. The lowest BCUT2D eigenvalue weighted by molar-refractivity contribution is -0.139. The van der Waals surface area contributed by atoms with E-state index in [-0.39, 0.29) is 24.7 Å². The highest BCUT2D eigenvalue weighted by Crippen LogP contribution is 2.39. The largest absolute Gasteiger partial charge is 0.493 e. The van der Waals surface area contributed by atoms with Crippen LogP contribution < -0.4 is 14.8 Å². The second-order valence-electron chi connectivity index (χ2n) is 6.94. The van der Waals surface area contributed by atoms with Crippen molar-refractivity contribution in [3.63, 3.8) is 0 Å². The third kappa shape index (κ3) is 5.83. The van der Waals surface area contributed by atoms with Gasteiger partial charge in [0.2, 0.25) is 5.91 Å². The van der Waals surface area contributed by atoms with Crippen LogP contribution in [0.3, 0.4) is 0 Å². The highest BCUT2D eigenvalue weighted by molar-refractivity contribution is 8.03. The van der Waals surface area contributed by atoms with Gasteiger partial charge in [0.15, 0.2) is 11.5 Å². The highest BCUT2D eigenvalue weighted by atomic mass is 32.2. The van der Waals surface area contributed by atoms with Gasteiger partial charge >= 0.3 is 5.97 Å². The summed E-state index contributed by atoms with van der Waals surface area (Å²) >= 11 is 1.09. The number of carbonyl (C=O) groups is 2. The van der Waals surface area contributed by atoms with Crippen molar-refractivity contribution in [1.82, 2.24) is 5.32 Å². The van der Waals surface area contributed by atoms with E-state index < -0.39 is 11.9 Å². The number of allylic oxidation sites excluding steroid dienone is 1. The van der Waals surface area contributed by atoms with Crippen LogP contribution in [0.25, 0.3) is 0 Å². The molecular formula is C24H24N2O5S. The van der Waals surface area contributed by atoms with Gasteiger partial charge in [0, 0.05) is 12.3 Å². The monoisotopic (exact) mass is 452 g/mol. The molecule has 0 aromatic heterocycles. The third-order valence-corrected chi connectivity index (χ3v) is 5.81. The molecule has 2 aromatic carbocycles. The van der Waals surface area contributed by atoms with Crippen molar-refractivity contribution in [2.45, 2.75) is 25.9 Å². The molecule has 2 aromatic rings. The predicted octanol–water partition coefficient (Wildman–Crippen LogP) is 3.91. The first kappa shape index (κ1) is 23.2. The van der Waals surface area contributed by atoms with E-state index in [9.17, 15) is 14.9 Å². The third-order valence-electron chi connectivity index (χ3n) is 4.82. The first-order chi connectivity index (χ1) is 15.5. The minimum absolute atomic E-state index is 0.00933. The van der Waals surface area contributed by atoms with Gasteiger partial charge in [-0.05, 0) is 30.2 Å². The Hall–Kier alpha value is -3.44. The van der Waals surface area contributed by atoms with Crippen LogP contribution in [0.2, 0.25) is 0 Å². The van der Waals surface area contributed by atoms with Crippen LogP contribution in [0, 0.1) is 11.3 Å². The molecule has 0 unspecified atom stereocenters. The van der Waals surface area contributed by atoms with Gasteiger partial charge in [-0.1, -0.05) is 48.2 Å². The van der Waals surface area contributed by atoms with Crippen molar-refractivity contribution in [1.29, 1.82) is 5.26 Å². The van der Waals surface area contributed by atoms with Crippen LogP contribution in [-0.2, 0) is 20.9 Å². The molecule has 1 atom stereocenters. The molecule has 0 fully saturated rings. The number of hydrogen-bond donors (Lipinski definition) is 1. The van der Waals surface area contributed by atoms with Crippen LogP contribution in [0.5, 0.6) is 11.5 Å². The van der Waals surface area contributed by atoms with E-state index in [1.54, 1.807) is 26.2 Å². The molecule has 0 radical (unpaired) electrons. The zero-order chi connectivity index (χ0) is 22.9. The van der Waals surface area contributed by atoms with Crippen molar-refractivity contribution in [2.75, 3.05) is 19.5 Å². The van der Waals surface area contributed by atoms with Crippen LogP contribution >= 0.6 is 11.8 Å². The molecule has 0 aliphatic carbocycles. The summed E-state index contributed by atoms with van der Waals surface area (Å²) in [4.78, 5) is 24.1. The standard InChI is InChI=1S/C24H24N2O5S/c1-3-30-23(28)15-32-24-19(13-25)18(12-22(27)26-24)17-9-10-20(29-2)21(11-17)31-14-16-7-5-4-6-8-16/h4-11,18H,3,12,14-15H2,1-2H3,(H,26,27)/t18-/m1/s1. The SMILES string of the molecule is CCOC(=O)CSC1=C(C#N)[C@@H](c2ccc(OC)c(OCc3ccccc3)c2)CC(=O)N1. The summed E-state index contributed by atoms with van der Waals surface area (Å²) in [6, 6.07) is 17.3.